The quantitative estimate of drug-likeness (QED) is 0.839. The van der Waals surface area contributed by atoms with Crippen molar-refractivity contribution in [3.63, 3.8) is 0 Å². The van der Waals surface area contributed by atoms with E-state index < -0.39 is 6.04 Å². The SMILES string of the molecule is CC1CCN(CC(=O)NC(CO)c2ccco2)CC1. The van der Waals surface area contributed by atoms with Crippen molar-refractivity contribution in [2.45, 2.75) is 25.8 Å². The minimum Gasteiger partial charge on any atom is -0.467 e. The van der Waals surface area contributed by atoms with Crippen LogP contribution in [0.1, 0.15) is 31.6 Å². The lowest BCUT2D eigenvalue weighted by Gasteiger charge is -2.29. The summed E-state index contributed by atoms with van der Waals surface area (Å²) in [6.07, 6.45) is 3.83. The Morgan fingerprint density at radius 1 is 1.58 bits per heavy atom. The summed E-state index contributed by atoms with van der Waals surface area (Å²) in [6, 6.07) is 3.05. The second kappa shape index (κ2) is 6.73. The molecular formula is C14H22N2O3. The second-order valence-electron chi connectivity index (χ2n) is 5.28. The highest BCUT2D eigenvalue weighted by Gasteiger charge is 2.20. The van der Waals surface area contributed by atoms with Gasteiger partial charge >= 0.3 is 0 Å². The zero-order valence-electron chi connectivity index (χ0n) is 11.3. The molecule has 0 saturated carbocycles. The van der Waals surface area contributed by atoms with Crippen molar-refractivity contribution in [1.29, 1.82) is 0 Å². The highest BCUT2D eigenvalue weighted by molar-refractivity contribution is 5.78. The monoisotopic (exact) mass is 266 g/mol. The van der Waals surface area contributed by atoms with Gasteiger partial charge in [-0.1, -0.05) is 6.92 Å². The van der Waals surface area contributed by atoms with Gasteiger partial charge < -0.3 is 14.8 Å². The van der Waals surface area contributed by atoms with Gasteiger partial charge in [-0.25, -0.2) is 0 Å². The Balaban J connectivity index is 1.80. The fourth-order valence-electron chi connectivity index (χ4n) is 2.36. The van der Waals surface area contributed by atoms with Gasteiger partial charge in [0.25, 0.3) is 0 Å². The van der Waals surface area contributed by atoms with E-state index in [1.54, 1.807) is 12.1 Å². The molecule has 2 heterocycles. The number of piperidine rings is 1. The van der Waals surface area contributed by atoms with E-state index >= 15 is 0 Å². The summed E-state index contributed by atoms with van der Waals surface area (Å²) in [5.74, 6) is 1.28. The second-order valence-corrected chi connectivity index (χ2v) is 5.28. The summed E-state index contributed by atoms with van der Waals surface area (Å²) in [5.41, 5.74) is 0. The molecule has 0 spiro atoms. The van der Waals surface area contributed by atoms with Crippen LogP contribution in [0.2, 0.25) is 0 Å². The number of amides is 1. The summed E-state index contributed by atoms with van der Waals surface area (Å²) >= 11 is 0. The summed E-state index contributed by atoms with van der Waals surface area (Å²) in [6.45, 7) is 4.43. The van der Waals surface area contributed by atoms with Crippen LogP contribution in [-0.2, 0) is 4.79 Å². The molecule has 19 heavy (non-hydrogen) atoms. The van der Waals surface area contributed by atoms with Crippen LogP contribution in [0.3, 0.4) is 0 Å². The van der Waals surface area contributed by atoms with Gasteiger partial charge in [-0.2, -0.15) is 0 Å². The molecule has 1 atom stereocenters. The lowest BCUT2D eigenvalue weighted by atomic mass is 9.99. The molecule has 1 unspecified atom stereocenters. The third-order valence-corrected chi connectivity index (χ3v) is 3.65. The highest BCUT2D eigenvalue weighted by atomic mass is 16.3. The molecule has 2 rings (SSSR count). The zero-order valence-corrected chi connectivity index (χ0v) is 11.3. The molecule has 1 aromatic heterocycles. The van der Waals surface area contributed by atoms with Gasteiger partial charge in [0.2, 0.25) is 5.91 Å². The van der Waals surface area contributed by atoms with Crippen LogP contribution in [0, 0.1) is 5.92 Å². The van der Waals surface area contributed by atoms with E-state index in [-0.39, 0.29) is 12.5 Å². The van der Waals surface area contributed by atoms with Crippen LogP contribution >= 0.6 is 0 Å². The largest absolute Gasteiger partial charge is 0.467 e. The van der Waals surface area contributed by atoms with E-state index in [1.165, 1.54) is 6.26 Å². The van der Waals surface area contributed by atoms with Gasteiger partial charge in [-0.15, -0.1) is 0 Å². The van der Waals surface area contributed by atoms with Crippen LogP contribution in [0.25, 0.3) is 0 Å². The maximum atomic E-state index is 12.0. The van der Waals surface area contributed by atoms with E-state index in [2.05, 4.69) is 17.1 Å². The van der Waals surface area contributed by atoms with Gasteiger partial charge in [0.1, 0.15) is 11.8 Å². The molecule has 0 aromatic carbocycles. The molecule has 2 N–H and O–H groups in total. The highest BCUT2D eigenvalue weighted by Crippen LogP contribution is 2.16. The van der Waals surface area contributed by atoms with Crippen molar-refractivity contribution >= 4 is 5.91 Å². The number of carbonyl (C=O) groups is 1. The third-order valence-electron chi connectivity index (χ3n) is 3.65. The van der Waals surface area contributed by atoms with Crippen molar-refractivity contribution in [3.05, 3.63) is 24.2 Å². The van der Waals surface area contributed by atoms with E-state index in [0.717, 1.165) is 31.8 Å². The molecule has 1 fully saturated rings. The summed E-state index contributed by atoms with van der Waals surface area (Å²) in [7, 11) is 0. The first kappa shape index (κ1) is 14.1. The number of rotatable bonds is 5. The minimum atomic E-state index is -0.453. The van der Waals surface area contributed by atoms with Crippen molar-refractivity contribution in [3.8, 4) is 0 Å². The van der Waals surface area contributed by atoms with Gasteiger partial charge in [-0.3, -0.25) is 9.69 Å². The average molecular weight is 266 g/mol. The summed E-state index contributed by atoms with van der Waals surface area (Å²) in [4.78, 5) is 14.1. The molecule has 106 valence electrons. The number of hydrogen-bond donors (Lipinski definition) is 2. The van der Waals surface area contributed by atoms with Crippen LogP contribution in [0.15, 0.2) is 22.8 Å². The third kappa shape index (κ3) is 4.08. The first-order chi connectivity index (χ1) is 9.19. The zero-order chi connectivity index (χ0) is 13.7. The number of likely N-dealkylation sites (tertiary alicyclic amines) is 1. The predicted molar refractivity (Wildman–Crippen MR) is 71.5 cm³/mol. The fraction of sp³-hybridized carbons (Fsp3) is 0.643. The Morgan fingerprint density at radius 2 is 2.32 bits per heavy atom. The Hall–Kier alpha value is -1.33. The number of nitrogens with one attached hydrogen (secondary N) is 1. The molecule has 0 bridgehead atoms. The van der Waals surface area contributed by atoms with Crippen LogP contribution in [-0.4, -0.2) is 42.2 Å². The van der Waals surface area contributed by atoms with Gasteiger partial charge in [0.05, 0.1) is 19.4 Å². The Bertz CT molecular complexity index is 383. The molecule has 1 aliphatic heterocycles. The summed E-state index contributed by atoms with van der Waals surface area (Å²) in [5, 5.41) is 12.1. The first-order valence-corrected chi connectivity index (χ1v) is 6.85. The molecule has 1 amide bonds. The first-order valence-electron chi connectivity index (χ1n) is 6.85. The Kier molecular flexibility index (Phi) is 4.99. The Labute approximate surface area is 113 Å². The minimum absolute atomic E-state index is 0.0648. The van der Waals surface area contributed by atoms with Crippen molar-refractivity contribution in [2.24, 2.45) is 5.92 Å². The lowest BCUT2D eigenvalue weighted by Crippen LogP contribution is -2.42. The van der Waals surface area contributed by atoms with E-state index in [0.29, 0.717) is 12.3 Å². The number of hydrogen-bond acceptors (Lipinski definition) is 4. The van der Waals surface area contributed by atoms with Crippen molar-refractivity contribution in [1.82, 2.24) is 10.2 Å². The number of aliphatic hydroxyl groups excluding tert-OH is 1. The smallest absolute Gasteiger partial charge is 0.234 e. The maximum Gasteiger partial charge on any atom is 0.234 e. The van der Waals surface area contributed by atoms with Crippen molar-refractivity contribution < 1.29 is 14.3 Å². The maximum absolute atomic E-state index is 12.0. The van der Waals surface area contributed by atoms with Gasteiger partial charge in [-0.05, 0) is 44.0 Å². The van der Waals surface area contributed by atoms with Crippen molar-refractivity contribution in [2.75, 3.05) is 26.2 Å². The number of aliphatic hydroxyl groups is 1. The molecule has 0 aliphatic carbocycles. The summed E-state index contributed by atoms with van der Waals surface area (Å²) < 4.78 is 5.20. The molecule has 5 heteroatoms. The number of carbonyl (C=O) groups excluding carboxylic acids is 1. The van der Waals surface area contributed by atoms with E-state index in [9.17, 15) is 9.90 Å². The molecule has 1 aliphatic rings. The van der Waals surface area contributed by atoms with Gasteiger partial charge in [0.15, 0.2) is 0 Å². The van der Waals surface area contributed by atoms with Gasteiger partial charge in [0, 0.05) is 0 Å². The average Bonchev–Trinajstić information content (AvgIpc) is 2.92. The standard InChI is InChI=1S/C14H22N2O3/c1-11-4-6-16(7-5-11)9-14(18)15-12(10-17)13-3-2-8-19-13/h2-3,8,11-12,17H,4-7,9-10H2,1H3,(H,15,18). The predicted octanol–water partition coefficient (Wildman–Crippen LogP) is 1.16. The lowest BCUT2D eigenvalue weighted by molar-refractivity contribution is -0.123. The van der Waals surface area contributed by atoms with Crippen LogP contribution in [0.4, 0.5) is 0 Å². The molecular weight excluding hydrogens is 244 g/mol. The number of furan rings is 1. The molecule has 1 aromatic rings. The molecule has 5 nitrogen and oxygen atoms in total. The normalized spacial score (nSPS) is 19.3. The van der Waals surface area contributed by atoms with E-state index in [4.69, 9.17) is 4.42 Å². The Morgan fingerprint density at radius 3 is 2.89 bits per heavy atom. The van der Waals surface area contributed by atoms with Crippen LogP contribution < -0.4 is 5.32 Å². The molecule has 0 radical (unpaired) electrons. The molecule has 1 saturated heterocycles. The van der Waals surface area contributed by atoms with E-state index in [1.807, 2.05) is 0 Å². The van der Waals surface area contributed by atoms with Crippen LogP contribution in [0.5, 0.6) is 0 Å². The number of nitrogens with zero attached hydrogens (tertiary/aromatic N) is 1. The fourth-order valence-corrected chi connectivity index (χ4v) is 2.36. The topological polar surface area (TPSA) is 65.7 Å².